The monoisotopic (exact) mass is 240 g/mol. The van der Waals surface area contributed by atoms with Gasteiger partial charge < -0.3 is 4.90 Å². The molecule has 3 heteroatoms. The summed E-state index contributed by atoms with van der Waals surface area (Å²) in [5.74, 6) is 0.945. The summed E-state index contributed by atoms with van der Waals surface area (Å²) in [6, 6.07) is 9.60. The second-order valence-electron chi connectivity index (χ2n) is 4.49. The first-order chi connectivity index (χ1) is 8.61. The van der Waals surface area contributed by atoms with E-state index in [1.54, 1.807) is 0 Å². The molecule has 3 nitrogen and oxygen atoms in total. The Morgan fingerprint density at radius 1 is 1.17 bits per heavy atom. The highest BCUT2D eigenvalue weighted by Crippen LogP contribution is 2.25. The van der Waals surface area contributed by atoms with Crippen LogP contribution in [0.15, 0.2) is 36.5 Å². The highest BCUT2D eigenvalue weighted by molar-refractivity contribution is 5.77. The van der Waals surface area contributed by atoms with Gasteiger partial charge in [0.1, 0.15) is 12.1 Å². The van der Waals surface area contributed by atoms with Crippen molar-refractivity contribution >= 4 is 12.1 Å². The largest absolute Gasteiger partial charge is 0.363 e. The van der Waals surface area contributed by atoms with Crippen molar-refractivity contribution in [3.8, 4) is 11.1 Å². The highest BCUT2D eigenvalue weighted by atomic mass is 16.1. The zero-order valence-corrected chi connectivity index (χ0v) is 10.8. The predicted octanol–water partition coefficient (Wildman–Crippen LogP) is 2.94. The Kier molecular flexibility index (Phi) is 3.42. The normalized spacial score (nSPS) is 10.2. The zero-order chi connectivity index (χ0) is 13.1. The number of hydrogen-bond acceptors (Lipinski definition) is 3. The van der Waals surface area contributed by atoms with Gasteiger partial charge in [-0.1, -0.05) is 24.3 Å². The minimum absolute atomic E-state index is 0.689. The highest BCUT2D eigenvalue weighted by Gasteiger charge is 2.05. The lowest BCUT2D eigenvalue weighted by molar-refractivity contribution is 0.112. The van der Waals surface area contributed by atoms with Gasteiger partial charge in [0.05, 0.1) is 0 Å². The lowest BCUT2D eigenvalue weighted by atomic mass is 10.0. The van der Waals surface area contributed by atoms with Crippen LogP contribution in [0.4, 0.5) is 5.82 Å². The molecule has 92 valence electrons. The van der Waals surface area contributed by atoms with Gasteiger partial charge in [-0.25, -0.2) is 4.98 Å². The molecule has 0 radical (unpaired) electrons. The van der Waals surface area contributed by atoms with E-state index in [0.717, 1.165) is 23.2 Å². The molecule has 0 unspecified atom stereocenters. The van der Waals surface area contributed by atoms with Crippen LogP contribution in [0.25, 0.3) is 11.1 Å². The molecule has 2 rings (SSSR count). The minimum Gasteiger partial charge on any atom is -0.363 e. The average molecular weight is 240 g/mol. The van der Waals surface area contributed by atoms with Crippen LogP contribution in [0.2, 0.25) is 0 Å². The van der Waals surface area contributed by atoms with Crippen molar-refractivity contribution in [2.75, 3.05) is 19.0 Å². The number of benzene rings is 1. The summed E-state index contributed by atoms with van der Waals surface area (Å²) in [5.41, 5.74) is 4.04. The van der Waals surface area contributed by atoms with E-state index >= 15 is 0 Å². The van der Waals surface area contributed by atoms with Gasteiger partial charge in [0, 0.05) is 31.4 Å². The summed E-state index contributed by atoms with van der Waals surface area (Å²) < 4.78 is 0. The average Bonchev–Trinajstić information content (AvgIpc) is 2.38. The van der Waals surface area contributed by atoms with Crippen molar-refractivity contribution in [2.45, 2.75) is 6.92 Å². The summed E-state index contributed by atoms with van der Waals surface area (Å²) in [6.45, 7) is 2.07. The molecule has 0 spiro atoms. The number of aromatic nitrogens is 1. The van der Waals surface area contributed by atoms with Crippen LogP contribution in [0.1, 0.15) is 15.9 Å². The lowest BCUT2D eigenvalue weighted by Crippen LogP contribution is -2.10. The predicted molar refractivity (Wildman–Crippen MR) is 74.1 cm³/mol. The van der Waals surface area contributed by atoms with Crippen molar-refractivity contribution in [1.29, 1.82) is 0 Å². The Bertz CT molecular complexity index is 559. The topological polar surface area (TPSA) is 33.2 Å². The summed E-state index contributed by atoms with van der Waals surface area (Å²) in [6.07, 6.45) is 2.73. The van der Waals surface area contributed by atoms with Crippen LogP contribution >= 0.6 is 0 Å². The second kappa shape index (κ2) is 5.00. The molecular formula is C15H16N2O. The molecule has 0 amide bonds. The number of hydrogen-bond donors (Lipinski definition) is 0. The van der Waals surface area contributed by atoms with E-state index in [2.05, 4.69) is 18.0 Å². The van der Waals surface area contributed by atoms with E-state index < -0.39 is 0 Å². The fourth-order valence-electron chi connectivity index (χ4n) is 1.83. The van der Waals surface area contributed by atoms with Crippen molar-refractivity contribution in [2.24, 2.45) is 0 Å². The molecule has 0 aliphatic rings. The summed E-state index contributed by atoms with van der Waals surface area (Å²) >= 11 is 0. The number of aldehydes is 1. The molecular weight excluding hydrogens is 224 g/mol. The van der Waals surface area contributed by atoms with Crippen LogP contribution in [0.5, 0.6) is 0 Å². The molecule has 0 bridgehead atoms. The van der Waals surface area contributed by atoms with Crippen molar-refractivity contribution < 1.29 is 4.79 Å². The van der Waals surface area contributed by atoms with Gasteiger partial charge in [-0.2, -0.15) is 0 Å². The van der Waals surface area contributed by atoms with E-state index in [1.807, 2.05) is 49.5 Å². The number of rotatable bonds is 3. The Balaban J connectivity index is 2.41. The quantitative estimate of drug-likeness (QED) is 0.773. The Hall–Kier alpha value is -2.16. The van der Waals surface area contributed by atoms with E-state index in [1.165, 1.54) is 5.56 Å². The van der Waals surface area contributed by atoms with Crippen LogP contribution in [0.3, 0.4) is 0 Å². The van der Waals surface area contributed by atoms with E-state index in [0.29, 0.717) is 5.56 Å². The third-order valence-corrected chi connectivity index (χ3v) is 2.91. The standard InChI is InChI=1S/C15H16N2O/c1-11-8-15(17(2)3)16-9-14(11)13-6-4-12(10-18)5-7-13/h4-10H,1-3H3. The van der Waals surface area contributed by atoms with Gasteiger partial charge in [-0.15, -0.1) is 0 Å². The Morgan fingerprint density at radius 3 is 2.33 bits per heavy atom. The van der Waals surface area contributed by atoms with Crippen LogP contribution in [-0.2, 0) is 0 Å². The maximum atomic E-state index is 10.6. The smallest absolute Gasteiger partial charge is 0.150 e. The maximum absolute atomic E-state index is 10.6. The molecule has 0 saturated heterocycles. The molecule has 0 N–H and O–H groups in total. The first kappa shape index (κ1) is 12.3. The van der Waals surface area contributed by atoms with Gasteiger partial charge >= 0.3 is 0 Å². The van der Waals surface area contributed by atoms with Gasteiger partial charge in [0.2, 0.25) is 0 Å². The Morgan fingerprint density at radius 2 is 1.83 bits per heavy atom. The first-order valence-electron chi connectivity index (χ1n) is 5.81. The van der Waals surface area contributed by atoms with E-state index in [4.69, 9.17) is 0 Å². The minimum atomic E-state index is 0.689. The number of pyridine rings is 1. The molecule has 0 fully saturated rings. The molecule has 0 aliphatic carbocycles. The molecule has 0 saturated carbocycles. The van der Waals surface area contributed by atoms with Gasteiger partial charge in [0.15, 0.2) is 0 Å². The van der Waals surface area contributed by atoms with Crippen molar-refractivity contribution in [1.82, 2.24) is 4.98 Å². The molecule has 2 aromatic rings. The number of carbonyl (C=O) groups is 1. The molecule has 1 aromatic carbocycles. The van der Waals surface area contributed by atoms with E-state index in [9.17, 15) is 4.79 Å². The molecule has 1 heterocycles. The third-order valence-electron chi connectivity index (χ3n) is 2.91. The second-order valence-corrected chi connectivity index (χ2v) is 4.49. The fourth-order valence-corrected chi connectivity index (χ4v) is 1.83. The molecule has 0 atom stereocenters. The Labute approximate surface area is 107 Å². The van der Waals surface area contributed by atoms with Crippen LogP contribution < -0.4 is 4.90 Å². The van der Waals surface area contributed by atoms with E-state index in [-0.39, 0.29) is 0 Å². The number of aryl methyl sites for hydroxylation is 1. The molecule has 18 heavy (non-hydrogen) atoms. The maximum Gasteiger partial charge on any atom is 0.150 e. The third kappa shape index (κ3) is 2.40. The number of carbonyl (C=O) groups excluding carboxylic acids is 1. The first-order valence-corrected chi connectivity index (χ1v) is 5.81. The lowest BCUT2D eigenvalue weighted by Gasteiger charge is -2.13. The van der Waals surface area contributed by atoms with Crippen LogP contribution in [-0.4, -0.2) is 25.4 Å². The van der Waals surface area contributed by atoms with Crippen LogP contribution in [0, 0.1) is 6.92 Å². The summed E-state index contributed by atoms with van der Waals surface area (Å²) in [4.78, 5) is 17.0. The van der Waals surface area contributed by atoms with Gasteiger partial charge in [-0.3, -0.25) is 4.79 Å². The van der Waals surface area contributed by atoms with Crippen molar-refractivity contribution in [3.63, 3.8) is 0 Å². The fraction of sp³-hybridized carbons (Fsp3) is 0.200. The number of anilines is 1. The zero-order valence-electron chi connectivity index (χ0n) is 10.8. The van der Waals surface area contributed by atoms with Gasteiger partial charge in [0.25, 0.3) is 0 Å². The van der Waals surface area contributed by atoms with Gasteiger partial charge in [-0.05, 0) is 24.1 Å². The summed E-state index contributed by atoms with van der Waals surface area (Å²) in [5, 5.41) is 0. The molecule has 1 aromatic heterocycles. The number of nitrogens with zero attached hydrogens (tertiary/aromatic N) is 2. The SMILES string of the molecule is Cc1cc(N(C)C)ncc1-c1ccc(C=O)cc1. The summed E-state index contributed by atoms with van der Waals surface area (Å²) in [7, 11) is 3.95. The molecule has 0 aliphatic heterocycles. The van der Waals surface area contributed by atoms with Crippen molar-refractivity contribution in [3.05, 3.63) is 47.7 Å².